The Labute approximate surface area is 151 Å². The van der Waals surface area contributed by atoms with Crippen molar-refractivity contribution in [3.8, 4) is 11.5 Å². The number of piperidine rings is 1. The molecule has 1 fully saturated rings. The van der Waals surface area contributed by atoms with Crippen molar-refractivity contribution in [2.75, 3.05) is 13.1 Å². The third-order valence-electron chi connectivity index (χ3n) is 4.55. The molecule has 1 atom stereocenters. The number of imidazole rings is 1. The van der Waals surface area contributed by atoms with Gasteiger partial charge in [0.15, 0.2) is 5.82 Å². The first-order valence-corrected chi connectivity index (χ1v) is 9.52. The molecule has 0 spiro atoms. The van der Waals surface area contributed by atoms with Gasteiger partial charge in [0.1, 0.15) is 11.5 Å². The quantitative estimate of drug-likeness (QED) is 0.778. The zero-order chi connectivity index (χ0) is 17.2. The van der Waals surface area contributed by atoms with Gasteiger partial charge in [-0.15, -0.1) is 11.3 Å². The van der Waals surface area contributed by atoms with E-state index in [-0.39, 0.29) is 0 Å². The van der Waals surface area contributed by atoms with Crippen LogP contribution in [0.1, 0.15) is 40.8 Å². The highest BCUT2D eigenvalue weighted by atomic mass is 32.1. The third-order valence-corrected chi connectivity index (χ3v) is 5.31. The number of aromatic nitrogens is 5. The van der Waals surface area contributed by atoms with Gasteiger partial charge in [0, 0.05) is 47.7 Å². The standard InChI is InChI=1S/C18H22N6S/c1-12-6-16(18-20-7-13(2)22-18)23-17(21-12)14-4-3-5-24(9-14)10-15-8-19-11-25-15/h6-8,11,14H,3-5,9-10H2,1-2H3,(H,20,22)/t14-/m1/s1. The van der Waals surface area contributed by atoms with Gasteiger partial charge >= 0.3 is 0 Å². The van der Waals surface area contributed by atoms with Crippen LogP contribution < -0.4 is 0 Å². The van der Waals surface area contributed by atoms with Crippen LogP contribution in [0.4, 0.5) is 0 Å². The van der Waals surface area contributed by atoms with E-state index in [0.717, 1.165) is 54.8 Å². The SMILES string of the molecule is Cc1cc(-c2ncc(C)[nH]2)nc([C@@H]2CCCN(Cc3cncs3)C2)n1. The Hall–Kier alpha value is -2.12. The van der Waals surface area contributed by atoms with Crippen molar-refractivity contribution in [3.05, 3.63) is 46.1 Å². The first-order valence-electron chi connectivity index (χ1n) is 8.64. The number of H-pyrrole nitrogens is 1. The minimum Gasteiger partial charge on any atom is -0.341 e. The number of likely N-dealkylation sites (tertiary alicyclic amines) is 1. The number of nitrogens with zero attached hydrogens (tertiary/aromatic N) is 5. The number of thiazole rings is 1. The van der Waals surface area contributed by atoms with Crippen molar-refractivity contribution in [2.24, 2.45) is 0 Å². The van der Waals surface area contributed by atoms with Crippen LogP contribution >= 0.6 is 11.3 Å². The molecule has 0 radical (unpaired) electrons. The van der Waals surface area contributed by atoms with E-state index >= 15 is 0 Å². The lowest BCUT2D eigenvalue weighted by molar-refractivity contribution is 0.198. The minimum absolute atomic E-state index is 0.372. The molecule has 6 nitrogen and oxygen atoms in total. The second kappa shape index (κ2) is 7.01. The summed E-state index contributed by atoms with van der Waals surface area (Å²) in [6.45, 7) is 7.13. The van der Waals surface area contributed by atoms with E-state index in [1.807, 2.05) is 37.8 Å². The number of hydrogen-bond acceptors (Lipinski definition) is 6. The van der Waals surface area contributed by atoms with Crippen molar-refractivity contribution < 1.29 is 0 Å². The van der Waals surface area contributed by atoms with Crippen LogP contribution in [0, 0.1) is 13.8 Å². The number of rotatable bonds is 4. The lowest BCUT2D eigenvalue weighted by Gasteiger charge is -2.31. The summed E-state index contributed by atoms with van der Waals surface area (Å²) < 4.78 is 0. The molecule has 25 heavy (non-hydrogen) atoms. The fourth-order valence-electron chi connectivity index (χ4n) is 3.39. The Balaban J connectivity index is 1.55. The zero-order valence-corrected chi connectivity index (χ0v) is 15.4. The van der Waals surface area contributed by atoms with Crippen LogP contribution in [0.3, 0.4) is 0 Å². The third kappa shape index (κ3) is 3.77. The summed E-state index contributed by atoms with van der Waals surface area (Å²) in [5.74, 6) is 2.14. The predicted molar refractivity (Wildman–Crippen MR) is 98.5 cm³/mol. The molecule has 0 bridgehead atoms. The minimum atomic E-state index is 0.372. The summed E-state index contributed by atoms with van der Waals surface area (Å²) in [6.07, 6.45) is 6.12. The highest BCUT2D eigenvalue weighted by Crippen LogP contribution is 2.27. The van der Waals surface area contributed by atoms with Gasteiger partial charge in [-0.2, -0.15) is 0 Å². The maximum Gasteiger partial charge on any atom is 0.156 e. The molecule has 0 aromatic carbocycles. The van der Waals surface area contributed by atoms with Crippen molar-refractivity contribution in [1.29, 1.82) is 0 Å². The smallest absolute Gasteiger partial charge is 0.156 e. The number of aromatic amines is 1. The van der Waals surface area contributed by atoms with Gasteiger partial charge < -0.3 is 4.98 Å². The van der Waals surface area contributed by atoms with Gasteiger partial charge in [-0.05, 0) is 39.3 Å². The van der Waals surface area contributed by atoms with Gasteiger partial charge in [-0.3, -0.25) is 9.88 Å². The molecule has 0 amide bonds. The number of hydrogen-bond donors (Lipinski definition) is 1. The molecule has 0 unspecified atom stereocenters. The van der Waals surface area contributed by atoms with Crippen LogP contribution in [0.5, 0.6) is 0 Å². The Kier molecular flexibility index (Phi) is 4.59. The fourth-order valence-corrected chi connectivity index (χ4v) is 4.02. The topological polar surface area (TPSA) is 70.6 Å². The molecule has 1 saturated heterocycles. The normalized spacial score (nSPS) is 18.6. The van der Waals surface area contributed by atoms with Gasteiger partial charge in [-0.1, -0.05) is 0 Å². The van der Waals surface area contributed by atoms with Crippen LogP contribution in [-0.4, -0.2) is 42.9 Å². The molecule has 4 heterocycles. The van der Waals surface area contributed by atoms with E-state index in [4.69, 9.17) is 9.97 Å². The first-order chi connectivity index (χ1) is 12.2. The van der Waals surface area contributed by atoms with Crippen molar-refractivity contribution in [1.82, 2.24) is 29.8 Å². The van der Waals surface area contributed by atoms with Gasteiger partial charge in [0.05, 0.1) is 5.51 Å². The summed E-state index contributed by atoms with van der Waals surface area (Å²) in [7, 11) is 0. The molecular weight excluding hydrogens is 332 g/mol. The lowest BCUT2D eigenvalue weighted by atomic mass is 9.97. The molecule has 4 rings (SSSR count). The second-order valence-electron chi connectivity index (χ2n) is 6.71. The maximum absolute atomic E-state index is 4.83. The van der Waals surface area contributed by atoms with Crippen molar-refractivity contribution in [2.45, 2.75) is 39.2 Å². The second-order valence-corrected chi connectivity index (χ2v) is 7.68. The fraction of sp³-hybridized carbons (Fsp3) is 0.444. The summed E-state index contributed by atoms with van der Waals surface area (Å²) in [6, 6.07) is 2.00. The highest BCUT2D eigenvalue weighted by molar-refractivity contribution is 7.09. The van der Waals surface area contributed by atoms with Crippen molar-refractivity contribution >= 4 is 11.3 Å². The Morgan fingerprint density at radius 2 is 2.20 bits per heavy atom. The lowest BCUT2D eigenvalue weighted by Crippen LogP contribution is -2.34. The van der Waals surface area contributed by atoms with Gasteiger partial charge in [0.25, 0.3) is 0 Å². The molecule has 0 aliphatic carbocycles. The average Bonchev–Trinajstić information content (AvgIpc) is 3.26. The Morgan fingerprint density at radius 1 is 1.28 bits per heavy atom. The van der Waals surface area contributed by atoms with E-state index < -0.39 is 0 Å². The number of aryl methyl sites for hydroxylation is 2. The monoisotopic (exact) mass is 354 g/mol. The van der Waals surface area contributed by atoms with E-state index in [9.17, 15) is 0 Å². The predicted octanol–water partition coefficient (Wildman–Crippen LogP) is 3.32. The molecule has 3 aromatic rings. The average molecular weight is 354 g/mol. The largest absolute Gasteiger partial charge is 0.341 e. The van der Waals surface area contributed by atoms with E-state index in [1.165, 1.54) is 11.3 Å². The van der Waals surface area contributed by atoms with Crippen LogP contribution in [0.2, 0.25) is 0 Å². The van der Waals surface area contributed by atoms with Crippen LogP contribution in [-0.2, 0) is 6.54 Å². The molecule has 1 aliphatic rings. The summed E-state index contributed by atoms with van der Waals surface area (Å²) in [4.78, 5) is 25.2. The van der Waals surface area contributed by atoms with E-state index in [1.54, 1.807) is 11.3 Å². The molecule has 130 valence electrons. The van der Waals surface area contributed by atoms with E-state index in [0.29, 0.717) is 5.92 Å². The molecule has 1 aliphatic heterocycles. The summed E-state index contributed by atoms with van der Waals surface area (Å²) in [5.41, 5.74) is 4.82. The maximum atomic E-state index is 4.83. The summed E-state index contributed by atoms with van der Waals surface area (Å²) >= 11 is 1.72. The molecule has 0 saturated carbocycles. The molecule has 1 N–H and O–H groups in total. The van der Waals surface area contributed by atoms with Gasteiger partial charge in [-0.25, -0.2) is 15.0 Å². The Bertz CT molecular complexity index is 841. The molecular formula is C18H22N6S. The van der Waals surface area contributed by atoms with Gasteiger partial charge in [0.2, 0.25) is 0 Å². The first kappa shape index (κ1) is 16.4. The van der Waals surface area contributed by atoms with Crippen LogP contribution in [0.25, 0.3) is 11.5 Å². The van der Waals surface area contributed by atoms with Crippen LogP contribution in [0.15, 0.2) is 24.0 Å². The summed E-state index contributed by atoms with van der Waals surface area (Å²) in [5, 5.41) is 0. The zero-order valence-electron chi connectivity index (χ0n) is 14.6. The number of nitrogens with one attached hydrogen (secondary N) is 1. The highest BCUT2D eigenvalue weighted by Gasteiger charge is 2.24. The molecule has 3 aromatic heterocycles. The van der Waals surface area contributed by atoms with Crippen molar-refractivity contribution in [3.63, 3.8) is 0 Å². The Morgan fingerprint density at radius 3 is 2.96 bits per heavy atom. The molecule has 7 heteroatoms. The van der Waals surface area contributed by atoms with E-state index in [2.05, 4.69) is 19.9 Å².